The van der Waals surface area contributed by atoms with Crippen LogP contribution in [-0.4, -0.2) is 71.1 Å². The number of piperidine rings is 1. The molecule has 5 aromatic rings. The van der Waals surface area contributed by atoms with Gasteiger partial charge in [-0.05, 0) is 69.2 Å². The summed E-state index contributed by atoms with van der Waals surface area (Å²) in [5.41, 5.74) is 5.40. The number of aromatic nitrogens is 5. The van der Waals surface area contributed by atoms with Gasteiger partial charge in [0.15, 0.2) is 5.82 Å². The first-order valence-corrected chi connectivity index (χ1v) is 18.6. The number of aryl methyl sites for hydroxylation is 2. The summed E-state index contributed by atoms with van der Waals surface area (Å²) in [7, 11) is 0. The molecule has 0 aliphatic carbocycles. The Balaban J connectivity index is 0.920. The number of aliphatic hydroxyl groups is 1. The van der Waals surface area contributed by atoms with E-state index in [9.17, 15) is 19.5 Å². The average Bonchev–Trinajstić information content (AvgIpc) is 3.89. The number of ether oxygens (including phenoxy) is 1. The van der Waals surface area contributed by atoms with Gasteiger partial charge in [0.25, 0.3) is 11.8 Å². The number of anilines is 1. The highest BCUT2D eigenvalue weighted by atomic mass is 32.1. The molecule has 53 heavy (non-hydrogen) atoms. The number of unbranched alkanes of at least 4 members (excludes halogenated alkanes) is 1. The standard InChI is InChI=1S/C39H38N8O5S/c1-23-35-44-43-24(2)46(35)39-29(22-52-23)28(19-25-9-4-3-5-10-25)32(53-39)15-13-26-20-41-45(21-26)18-7-6-17-40-30-12-8-11-27-34(30)38(51)47(37(27)50)31-14-16-33(48)42-36(31)49/h3-5,8-12,20-21,23,31,33,40,48H,6-7,14,16-19,22H2,1-2H3,(H,42,49)/t23-,31?,33?/m0/s1. The zero-order chi connectivity index (χ0) is 36.6. The Hall–Kier alpha value is -5.62. The Morgan fingerprint density at radius 3 is 2.72 bits per heavy atom. The zero-order valence-corrected chi connectivity index (χ0v) is 30.2. The molecule has 0 saturated carbocycles. The molecular weight excluding hydrogens is 693 g/mol. The topological polar surface area (TPSA) is 156 Å². The largest absolute Gasteiger partial charge is 0.384 e. The Bertz CT molecular complexity index is 2280. The first-order chi connectivity index (χ1) is 25.8. The molecule has 14 heteroatoms. The molecule has 2 aromatic carbocycles. The van der Waals surface area contributed by atoms with Crippen LogP contribution in [0.1, 0.15) is 98.2 Å². The lowest BCUT2D eigenvalue weighted by atomic mass is 10.0. The van der Waals surface area contributed by atoms with Crippen molar-refractivity contribution in [1.82, 2.24) is 34.8 Å². The summed E-state index contributed by atoms with van der Waals surface area (Å²) in [6.07, 6.45) is 5.40. The van der Waals surface area contributed by atoms with Crippen molar-refractivity contribution in [3.05, 3.63) is 111 Å². The van der Waals surface area contributed by atoms with Crippen LogP contribution in [-0.2, 0) is 29.1 Å². The number of carbonyl (C=O) groups excluding carboxylic acids is 3. The number of nitrogens with zero attached hydrogens (tertiary/aromatic N) is 6. The number of hydrogen-bond donors (Lipinski definition) is 3. The van der Waals surface area contributed by atoms with Gasteiger partial charge < -0.3 is 20.5 Å². The van der Waals surface area contributed by atoms with Crippen molar-refractivity contribution in [2.75, 3.05) is 11.9 Å². The van der Waals surface area contributed by atoms with Gasteiger partial charge in [0.2, 0.25) is 5.91 Å². The fourth-order valence-corrected chi connectivity index (χ4v) is 8.38. The molecule has 3 atom stereocenters. The van der Waals surface area contributed by atoms with Gasteiger partial charge in [0.05, 0.1) is 34.4 Å². The van der Waals surface area contributed by atoms with E-state index in [0.29, 0.717) is 25.4 Å². The molecule has 2 unspecified atom stereocenters. The zero-order valence-electron chi connectivity index (χ0n) is 29.3. The number of nitrogens with one attached hydrogen (secondary N) is 2. The third-order valence-electron chi connectivity index (χ3n) is 9.88. The van der Waals surface area contributed by atoms with Gasteiger partial charge in [-0.25, -0.2) is 0 Å². The summed E-state index contributed by atoms with van der Waals surface area (Å²) in [6.45, 7) is 5.69. The maximum absolute atomic E-state index is 13.4. The van der Waals surface area contributed by atoms with E-state index in [2.05, 4.69) is 66.6 Å². The molecule has 3 aromatic heterocycles. The van der Waals surface area contributed by atoms with E-state index >= 15 is 0 Å². The highest BCUT2D eigenvalue weighted by Crippen LogP contribution is 2.39. The van der Waals surface area contributed by atoms with Crippen molar-refractivity contribution in [1.29, 1.82) is 0 Å². The van der Waals surface area contributed by atoms with Crippen LogP contribution < -0.4 is 10.6 Å². The maximum atomic E-state index is 13.4. The van der Waals surface area contributed by atoms with E-state index in [0.717, 1.165) is 62.4 Å². The molecule has 1 saturated heterocycles. The second-order valence-electron chi connectivity index (χ2n) is 13.5. The fourth-order valence-electron chi connectivity index (χ4n) is 7.14. The van der Waals surface area contributed by atoms with Crippen LogP contribution >= 0.6 is 11.3 Å². The van der Waals surface area contributed by atoms with Crippen molar-refractivity contribution >= 4 is 34.7 Å². The van der Waals surface area contributed by atoms with Gasteiger partial charge in [0, 0.05) is 30.5 Å². The lowest BCUT2D eigenvalue weighted by molar-refractivity contribution is -0.131. The third kappa shape index (κ3) is 6.63. The Morgan fingerprint density at radius 1 is 1.04 bits per heavy atom. The molecule has 3 amide bonds. The van der Waals surface area contributed by atoms with Crippen LogP contribution in [0.4, 0.5) is 5.69 Å². The highest BCUT2D eigenvalue weighted by molar-refractivity contribution is 7.15. The lowest BCUT2D eigenvalue weighted by Crippen LogP contribution is -2.55. The predicted molar refractivity (Wildman–Crippen MR) is 196 cm³/mol. The first kappa shape index (κ1) is 34.5. The van der Waals surface area contributed by atoms with Crippen molar-refractivity contribution in [2.24, 2.45) is 0 Å². The Morgan fingerprint density at radius 2 is 1.89 bits per heavy atom. The van der Waals surface area contributed by atoms with Crippen LogP contribution in [0.25, 0.3) is 5.00 Å². The average molecular weight is 731 g/mol. The molecule has 1 fully saturated rings. The Labute approximate surface area is 310 Å². The predicted octanol–water partition coefficient (Wildman–Crippen LogP) is 4.50. The van der Waals surface area contributed by atoms with E-state index in [1.165, 1.54) is 5.56 Å². The fraction of sp³-hybridized carbons (Fsp3) is 0.333. The number of thiophene rings is 1. The second kappa shape index (κ2) is 14.4. The molecule has 3 aliphatic rings. The molecular formula is C39H38N8O5S. The van der Waals surface area contributed by atoms with Crippen molar-refractivity contribution < 1.29 is 24.2 Å². The van der Waals surface area contributed by atoms with E-state index in [-0.39, 0.29) is 30.1 Å². The van der Waals surface area contributed by atoms with Gasteiger partial charge in [-0.15, -0.1) is 21.5 Å². The number of benzene rings is 2. The highest BCUT2D eigenvalue weighted by Gasteiger charge is 2.45. The van der Waals surface area contributed by atoms with Crippen LogP contribution in [0.3, 0.4) is 0 Å². The van der Waals surface area contributed by atoms with Gasteiger partial charge in [-0.3, -0.25) is 28.5 Å². The minimum Gasteiger partial charge on any atom is -0.384 e. The lowest BCUT2D eigenvalue weighted by Gasteiger charge is -2.31. The minimum absolute atomic E-state index is 0.175. The number of fused-ring (bicyclic) bond motifs is 4. The quantitative estimate of drug-likeness (QED) is 0.113. The van der Waals surface area contributed by atoms with Gasteiger partial charge in [0.1, 0.15) is 29.2 Å². The molecule has 0 radical (unpaired) electrons. The number of hydrogen-bond acceptors (Lipinski definition) is 10. The van der Waals surface area contributed by atoms with Crippen molar-refractivity contribution in [3.63, 3.8) is 0 Å². The van der Waals surface area contributed by atoms with Gasteiger partial charge >= 0.3 is 0 Å². The summed E-state index contributed by atoms with van der Waals surface area (Å²) >= 11 is 1.64. The van der Waals surface area contributed by atoms with E-state index in [1.54, 1.807) is 35.7 Å². The van der Waals surface area contributed by atoms with Crippen LogP contribution in [0, 0.1) is 18.8 Å². The second-order valence-corrected chi connectivity index (χ2v) is 14.5. The number of aliphatic hydroxyl groups excluding tert-OH is 1. The smallest absolute Gasteiger partial charge is 0.264 e. The van der Waals surface area contributed by atoms with Crippen molar-refractivity contribution in [3.8, 4) is 16.8 Å². The maximum Gasteiger partial charge on any atom is 0.264 e. The minimum atomic E-state index is -0.970. The number of amides is 3. The number of rotatable bonds is 9. The summed E-state index contributed by atoms with van der Waals surface area (Å²) in [5, 5.41) is 29.8. The summed E-state index contributed by atoms with van der Waals surface area (Å²) in [6, 6.07) is 14.5. The molecule has 270 valence electrons. The van der Waals surface area contributed by atoms with Crippen molar-refractivity contribution in [2.45, 2.75) is 77.5 Å². The van der Waals surface area contributed by atoms with Gasteiger partial charge in [-0.2, -0.15) is 5.10 Å². The molecule has 3 aliphatic heterocycles. The van der Waals surface area contributed by atoms with Crippen LogP contribution in [0.2, 0.25) is 0 Å². The number of carbonyl (C=O) groups is 3. The molecule has 0 spiro atoms. The van der Waals surface area contributed by atoms with E-state index < -0.39 is 30.0 Å². The first-order valence-electron chi connectivity index (χ1n) is 17.8. The van der Waals surface area contributed by atoms with E-state index in [4.69, 9.17) is 4.74 Å². The summed E-state index contributed by atoms with van der Waals surface area (Å²) in [4.78, 5) is 41.1. The summed E-state index contributed by atoms with van der Waals surface area (Å²) in [5.74, 6) is 6.88. The molecule has 13 nitrogen and oxygen atoms in total. The number of imide groups is 1. The molecule has 0 bridgehead atoms. The van der Waals surface area contributed by atoms with Crippen LogP contribution in [0.5, 0.6) is 0 Å². The van der Waals surface area contributed by atoms with Gasteiger partial charge in [-0.1, -0.05) is 48.2 Å². The third-order valence-corrected chi connectivity index (χ3v) is 11.1. The molecule has 8 rings (SSSR count). The normalized spacial score (nSPS) is 19.2. The molecule has 3 N–H and O–H groups in total. The Kier molecular flexibility index (Phi) is 9.38. The SMILES string of the molecule is Cc1nnc2n1-c1sc(C#Cc3cnn(CCCCNc4cccc5c4C(=O)N(C4CCC(O)NC4=O)C5=O)c3)c(Cc3ccccc3)c1CO[C@H]2C. The molecule has 6 heterocycles. The summed E-state index contributed by atoms with van der Waals surface area (Å²) < 4.78 is 10.2. The monoisotopic (exact) mass is 730 g/mol. The van der Waals surface area contributed by atoms with Crippen LogP contribution in [0.15, 0.2) is 60.9 Å². The van der Waals surface area contributed by atoms with E-state index in [1.807, 2.05) is 30.8 Å².